The summed E-state index contributed by atoms with van der Waals surface area (Å²) in [4.78, 5) is 5.33. The van der Waals surface area contributed by atoms with Crippen LogP contribution >= 0.6 is 0 Å². The molecule has 2 heteroatoms. The minimum atomic E-state index is 0.782. The Labute approximate surface area is 106 Å². The maximum Gasteiger partial charge on any atom is 0.00506 e. The summed E-state index contributed by atoms with van der Waals surface area (Å²) >= 11 is 0. The van der Waals surface area contributed by atoms with Crippen molar-refractivity contribution in [3.8, 4) is 0 Å². The summed E-state index contributed by atoms with van der Waals surface area (Å²) in [6, 6.07) is 0. The molecule has 3 aliphatic rings. The minimum Gasteiger partial charge on any atom is -0.303 e. The Morgan fingerprint density at radius 1 is 1.06 bits per heavy atom. The Morgan fingerprint density at radius 3 is 2.29 bits per heavy atom. The van der Waals surface area contributed by atoms with E-state index >= 15 is 0 Å². The first-order chi connectivity index (χ1) is 8.19. The lowest BCUT2D eigenvalue weighted by Crippen LogP contribution is -2.63. The van der Waals surface area contributed by atoms with Gasteiger partial charge in [0.05, 0.1) is 0 Å². The zero-order chi connectivity index (χ0) is 11.9. The zero-order valence-corrected chi connectivity index (χ0v) is 11.6. The van der Waals surface area contributed by atoms with E-state index in [4.69, 9.17) is 0 Å². The van der Waals surface area contributed by atoms with Crippen molar-refractivity contribution in [1.82, 2.24) is 9.80 Å². The predicted molar refractivity (Wildman–Crippen MR) is 72.1 cm³/mol. The van der Waals surface area contributed by atoms with Crippen LogP contribution in [0.4, 0.5) is 0 Å². The lowest BCUT2D eigenvalue weighted by Gasteiger charge is -2.60. The van der Waals surface area contributed by atoms with E-state index in [0.717, 1.165) is 17.3 Å². The number of piperidine rings is 1. The molecule has 3 rings (SSSR count). The average molecular weight is 236 g/mol. The van der Waals surface area contributed by atoms with Gasteiger partial charge in [-0.25, -0.2) is 0 Å². The molecular formula is C15H28N2. The zero-order valence-electron chi connectivity index (χ0n) is 11.6. The average Bonchev–Trinajstić information content (AvgIpc) is 2.22. The van der Waals surface area contributed by atoms with Crippen molar-refractivity contribution >= 4 is 0 Å². The third-order valence-electron chi connectivity index (χ3n) is 5.40. The van der Waals surface area contributed by atoms with Crippen molar-refractivity contribution in [1.29, 1.82) is 0 Å². The fraction of sp³-hybridized carbons (Fsp3) is 1.00. The molecule has 0 bridgehead atoms. The highest BCUT2D eigenvalue weighted by Crippen LogP contribution is 2.51. The molecule has 0 N–H and O–H groups in total. The number of likely N-dealkylation sites (tertiary alicyclic amines) is 2. The Morgan fingerprint density at radius 2 is 1.71 bits per heavy atom. The monoisotopic (exact) mass is 236 g/mol. The van der Waals surface area contributed by atoms with Crippen LogP contribution < -0.4 is 0 Å². The van der Waals surface area contributed by atoms with Crippen LogP contribution in [0.1, 0.15) is 39.5 Å². The molecule has 1 aliphatic carbocycles. The molecule has 0 unspecified atom stereocenters. The van der Waals surface area contributed by atoms with Crippen LogP contribution in [0.15, 0.2) is 0 Å². The normalized spacial score (nSPS) is 31.4. The maximum atomic E-state index is 2.73. The van der Waals surface area contributed by atoms with Crippen LogP contribution in [-0.2, 0) is 0 Å². The number of hydrogen-bond donors (Lipinski definition) is 0. The summed E-state index contributed by atoms with van der Waals surface area (Å²) in [5, 5.41) is 0. The highest BCUT2D eigenvalue weighted by atomic mass is 15.2. The molecule has 0 aromatic rings. The standard InChI is InChI=1S/C15H28N2/c1-3-16-11-15(12-16)8-14(9-15)10-17-6-4-13(2)5-7-17/h13-14H,3-12H2,1-2H3. The van der Waals surface area contributed by atoms with Gasteiger partial charge in [0.25, 0.3) is 0 Å². The topological polar surface area (TPSA) is 6.48 Å². The molecule has 0 aromatic heterocycles. The molecular weight excluding hydrogens is 208 g/mol. The molecule has 1 saturated carbocycles. The van der Waals surface area contributed by atoms with Crippen molar-refractivity contribution in [2.24, 2.45) is 17.3 Å². The second-order valence-corrected chi connectivity index (χ2v) is 7.06. The smallest absolute Gasteiger partial charge is 0.00506 e. The van der Waals surface area contributed by atoms with Crippen molar-refractivity contribution in [3.63, 3.8) is 0 Å². The molecule has 3 fully saturated rings. The third-order valence-corrected chi connectivity index (χ3v) is 5.40. The van der Waals surface area contributed by atoms with E-state index < -0.39 is 0 Å². The summed E-state index contributed by atoms with van der Waals surface area (Å²) in [5.74, 6) is 2.01. The fourth-order valence-electron chi connectivity index (χ4n) is 4.29. The van der Waals surface area contributed by atoms with Crippen LogP contribution in [0.5, 0.6) is 0 Å². The molecule has 17 heavy (non-hydrogen) atoms. The van der Waals surface area contributed by atoms with E-state index in [1.807, 2.05) is 0 Å². The van der Waals surface area contributed by atoms with Gasteiger partial charge in [0, 0.05) is 19.6 Å². The number of hydrogen-bond acceptors (Lipinski definition) is 2. The lowest BCUT2D eigenvalue weighted by molar-refractivity contribution is -0.0991. The Hall–Kier alpha value is -0.0800. The minimum absolute atomic E-state index is 0.782. The molecule has 2 heterocycles. The molecule has 0 amide bonds. The summed E-state index contributed by atoms with van der Waals surface area (Å²) in [6.45, 7) is 12.9. The first-order valence-electron chi connectivity index (χ1n) is 7.64. The van der Waals surface area contributed by atoms with Crippen LogP contribution in [-0.4, -0.2) is 49.1 Å². The Balaban J connectivity index is 1.36. The van der Waals surface area contributed by atoms with Crippen molar-refractivity contribution < 1.29 is 0 Å². The molecule has 2 saturated heterocycles. The van der Waals surface area contributed by atoms with Crippen LogP contribution in [0, 0.1) is 17.3 Å². The first-order valence-corrected chi connectivity index (χ1v) is 7.64. The second kappa shape index (κ2) is 4.55. The van der Waals surface area contributed by atoms with Crippen molar-refractivity contribution in [3.05, 3.63) is 0 Å². The largest absolute Gasteiger partial charge is 0.303 e. The van der Waals surface area contributed by atoms with E-state index in [1.165, 1.54) is 65.0 Å². The molecule has 1 spiro atoms. The highest BCUT2D eigenvalue weighted by molar-refractivity contribution is 5.04. The van der Waals surface area contributed by atoms with E-state index in [2.05, 4.69) is 23.6 Å². The Bertz CT molecular complexity index is 254. The molecule has 0 atom stereocenters. The molecule has 2 nitrogen and oxygen atoms in total. The third kappa shape index (κ3) is 2.39. The maximum absolute atomic E-state index is 2.73. The summed E-state index contributed by atoms with van der Waals surface area (Å²) in [6.07, 6.45) is 5.91. The lowest BCUT2D eigenvalue weighted by atomic mass is 9.57. The van der Waals surface area contributed by atoms with Crippen LogP contribution in [0.25, 0.3) is 0 Å². The molecule has 98 valence electrons. The number of rotatable bonds is 3. The van der Waals surface area contributed by atoms with E-state index in [9.17, 15) is 0 Å². The summed E-state index contributed by atoms with van der Waals surface area (Å²) in [7, 11) is 0. The van der Waals surface area contributed by atoms with Gasteiger partial charge in [-0.05, 0) is 62.6 Å². The molecule has 0 aromatic carbocycles. The summed E-state index contributed by atoms with van der Waals surface area (Å²) in [5.41, 5.74) is 0.782. The van der Waals surface area contributed by atoms with E-state index in [1.54, 1.807) is 0 Å². The van der Waals surface area contributed by atoms with Crippen LogP contribution in [0.2, 0.25) is 0 Å². The van der Waals surface area contributed by atoms with Gasteiger partial charge in [-0.3, -0.25) is 0 Å². The molecule has 0 radical (unpaired) electrons. The SMILES string of the molecule is CCN1CC2(CC(CN3CCC(C)CC3)C2)C1. The van der Waals surface area contributed by atoms with Gasteiger partial charge in [-0.15, -0.1) is 0 Å². The van der Waals surface area contributed by atoms with Crippen LogP contribution in [0.3, 0.4) is 0 Å². The van der Waals surface area contributed by atoms with E-state index in [-0.39, 0.29) is 0 Å². The van der Waals surface area contributed by atoms with Gasteiger partial charge >= 0.3 is 0 Å². The van der Waals surface area contributed by atoms with Crippen molar-refractivity contribution in [2.75, 3.05) is 39.3 Å². The van der Waals surface area contributed by atoms with E-state index in [0.29, 0.717) is 0 Å². The van der Waals surface area contributed by atoms with Gasteiger partial charge < -0.3 is 9.80 Å². The quantitative estimate of drug-likeness (QED) is 0.742. The second-order valence-electron chi connectivity index (χ2n) is 7.06. The fourth-order valence-corrected chi connectivity index (χ4v) is 4.29. The van der Waals surface area contributed by atoms with Crippen molar-refractivity contribution in [2.45, 2.75) is 39.5 Å². The number of nitrogens with zero attached hydrogens (tertiary/aromatic N) is 2. The van der Waals surface area contributed by atoms with Gasteiger partial charge in [0.15, 0.2) is 0 Å². The highest BCUT2D eigenvalue weighted by Gasteiger charge is 2.51. The first kappa shape index (κ1) is 12.0. The van der Waals surface area contributed by atoms with Gasteiger partial charge in [-0.2, -0.15) is 0 Å². The van der Waals surface area contributed by atoms with Gasteiger partial charge in [0.1, 0.15) is 0 Å². The molecule has 2 aliphatic heterocycles. The predicted octanol–water partition coefficient (Wildman–Crippen LogP) is 2.45. The Kier molecular flexibility index (Phi) is 3.20. The van der Waals surface area contributed by atoms with Gasteiger partial charge in [-0.1, -0.05) is 13.8 Å². The summed E-state index contributed by atoms with van der Waals surface area (Å²) < 4.78 is 0. The van der Waals surface area contributed by atoms with Gasteiger partial charge in [0.2, 0.25) is 0 Å².